The summed E-state index contributed by atoms with van der Waals surface area (Å²) in [7, 11) is 4.62. The zero-order valence-corrected chi connectivity index (χ0v) is 17.4. The minimum absolute atomic E-state index is 0.148. The predicted molar refractivity (Wildman–Crippen MR) is 116 cm³/mol. The van der Waals surface area contributed by atoms with Crippen LogP contribution in [0.2, 0.25) is 0 Å². The number of carbonyl (C=O) groups is 1. The van der Waals surface area contributed by atoms with E-state index in [2.05, 4.69) is 10.5 Å². The highest BCUT2D eigenvalue weighted by Crippen LogP contribution is 2.38. The number of nitrogens with one attached hydrogen (secondary N) is 1. The van der Waals surface area contributed by atoms with Gasteiger partial charge in [-0.3, -0.25) is 4.79 Å². The van der Waals surface area contributed by atoms with Crippen molar-refractivity contribution in [3.8, 4) is 23.0 Å². The van der Waals surface area contributed by atoms with Crippen molar-refractivity contribution in [2.45, 2.75) is 6.92 Å². The van der Waals surface area contributed by atoms with Crippen LogP contribution in [0, 0.1) is 0 Å². The van der Waals surface area contributed by atoms with Gasteiger partial charge in [-0.2, -0.15) is 5.10 Å². The van der Waals surface area contributed by atoms with Gasteiger partial charge in [0.15, 0.2) is 18.1 Å². The first-order chi connectivity index (χ1) is 14.5. The first kappa shape index (κ1) is 21.0. The second-order valence-electron chi connectivity index (χ2n) is 6.44. The van der Waals surface area contributed by atoms with Gasteiger partial charge in [-0.1, -0.05) is 30.3 Å². The molecule has 0 fully saturated rings. The van der Waals surface area contributed by atoms with Gasteiger partial charge in [0, 0.05) is 5.56 Å². The van der Waals surface area contributed by atoms with Crippen LogP contribution in [0.1, 0.15) is 12.5 Å². The van der Waals surface area contributed by atoms with Crippen LogP contribution in [0.4, 0.5) is 0 Å². The summed E-state index contributed by atoms with van der Waals surface area (Å²) < 4.78 is 21.6. The van der Waals surface area contributed by atoms with Crippen LogP contribution < -0.4 is 24.4 Å². The van der Waals surface area contributed by atoms with E-state index >= 15 is 0 Å². The molecule has 0 saturated carbocycles. The zero-order valence-electron chi connectivity index (χ0n) is 17.4. The number of ether oxygens (including phenoxy) is 4. The third-order valence-electron chi connectivity index (χ3n) is 4.52. The van der Waals surface area contributed by atoms with E-state index in [0.29, 0.717) is 28.7 Å². The number of nitrogens with zero attached hydrogens (tertiary/aromatic N) is 1. The van der Waals surface area contributed by atoms with Gasteiger partial charge in [0.2, 0.25) is 5.75 Å². The molecule has 1 amide bonds. The Balaban J connectivity index is 1.65. The van der Waals surface area contributed by atoms with Crippen molar-refractivity contribution in [2.75, 3.05) is 27.9 Å². The number of methoxy groups -OCH3 is 3. The van der Waals surface area contributed by atoms with Crippen LogP contribution in [-0.4, -0.2) is 39.6 Å². The van der Waals surface area contributed by atoms with Crippen LogP contribution >= 0.6 is 0 Å². The average Bonchev–Trinajstić information content (AvgIpc) is 2.79. The SMILES string of the molecule is COc1cc(/C(C)=N/NC(=O)COc2ccc3ccccc3c2)cc(OC)c1OC. The highest BCUT2D eigenvalue weighted by Gasteiger charge is 2.14. The molecular formula is C23H24N2O5. The van der Waals surface area contributed by atoms with E-state index in [1.807, 2.05) is 42.5 Å². The largest absolute Gasteiger partial charge is 0.493 e. The highest BCUT2D eigenvalue weighted by atomic mass is 16.5. The Labute approximate surface area is 175 Å². The second-order valence-corrected chi connectivity index (χ2v) is 6.44. The van der Waals surface area contributed by atoms with E-state index < -0.39 is 0 Å². The van der Waals surface area contributed by atoms with Crippen molar-refractivity contribution < 1.29 is 23.7 Å². The normalized spacial score (nSPS) is 11.1. The summed E-state index contributed by atoms with van der Waals surface area (Å²) >= 11 is 0. The Morgan fingerprint density at radius 3 is 2.20 bits per heavy atom. The molecule has 0 aliphatic rings. The number of carbonyl (C=O) groups excluding carboxylic acids is 1. The third-order valence-corrected chi connectivity index (χ3v) is 4.52. The number of hydrazone groups is 1. The fourth-order valence-corrected chi connectivity index (χ4v) is 2.94. The van der Waals surface area contributed by atoms with E-state index in [9.17, 15) is 4.79 Å². The van der Waals surface area contributed by atoms with Crippen molar-refractivity contribution in [2.24, 2.45) is 5.10 Å². The van der Waals surface area contributed by atoms with Gasteiger partial charge in [-0.15, -0.1) is 0 Å². The standard InChI is InChI=1S/C23H24N2O5/c1-15(18-12-20(27-2)23(29-4)21(13-18)28-3)24-25-22(26)14-30-19-10-9-16-7-5-6-8-17(16)11-19/h5-13H,14H2,1-4H3,(H,25,26)/b24-15+. The topological polar surface area (TPSA) is 78.4 Å². The summed E-state index contributed by atoms with van der Waals surface area (Å²) in [4.78, 5) is 12.1. The molecule has 0 bridgehead atoms. The van der Waals surface area contributed by atoms with Crippen LogP contribution in [-0.2, 0) is 4.79 Å². The molecule has 0 aliphatic carbocycles. The monoisotopic (exact) mass is 408 g/mol. The van der Waals surface area contributed by atoms with Crippen molar-refractivity contribution in [3.05, 3.63) is 60.2 Å². The molecule has 0 radical (unpaired) electrons. The van der Waals surface area contributed by atoms with Crippen LogP contribution in [0.25, 0.3) is 10.8 Å². The summed E-state index contributed by atoms with van der Waals surface area (Å²) in [6.07, 6.45) is 0. The molecule has 3 rings (SSSR count). The smallest absolute Gasteiger partial charge is 0.277 e. The van der Waals surface area contributed by atoms with Gasteiger partial charge < -0.3 is 18.9 Å². The Hall–Kier alpha value is -3.74. The molecule has 30 heavy (non-hydrogen) atoms. The minimum Gasteiger partial charge on any atom is -0.493 e. The fourth-order valence-electron chi connectivity index (χ4n) is 2.94. The molecule has 0 atom stereocenters. The summed E-state index contributed by atoms with van der Waals surface area (Å²) in [5.74, 6) is 1.76. The quantitative estimate of drug-likeness (QED) is 0.453. The molecule has 0 saturated heterocycles. The number of fused-ring (bicyclic) bond motifs is 1. The lowest BCUT2D eigenvalue weighted by atomic mass is 10.1. The van der Waals surface area contributed by atoms with E-state index in [-0.39, 0.29) is 12.5 Å². The molecule has 0 spiro atoms. The molecule has 156 valence electrons. The van der Waals surface area contributed by atoms with Crippen LogP contribution in [0.3, 0.4) is 0 Å². The molecular weight excluding hydrogens is 384 g/mol. The van der Waals surface area contributed by atoms with Crippen molar-refractivity contribution in [1.29, 1.82) is 0 Å². The number of benzene rings is 3. The predicted octanol–water partition coefficient (Wildman–Crippen LogP) is 3.78. The van der Waals surface area contributed by atoms with E-state index in [1.54, 1.807) is 33.3 Å². The summed E-state index contributed by atoms with van der Waals surface area (Å²) in [5.41, 5.74) is 3.80. The summed E-state index contributed by atoms with van der Waals surface area (Å²) in [5, 5.41) is 6.31. The number of hydrogen-bond acceptors (Lipinski definition) is 6. The maximum Gasteiger partial charge on any atom is 0.277 e. The Morgan fingerprint density at radius 1 is 0.900 bits per heavy atom. The van der Waals surface area contributed by atoms with Crippen molar-refractivity contribution in [3.63, 3.8) is 0 Å². The Morgan fingerprint density at radius 2 is 1.57 bits per heavy atom. The lowest BCUT2D eigenvalue weighted by Crippen LogP contribution is -2.25. The fraction of sp³-hybridized carbons (Fsp3) is 0.217. The molecule has 0 aromatic heterocycles. The molecule has 0 heterocycles. The first-order valence-electron chi connectivity index (χ1n) is 9.30. The molecule has 0 aliphatic heterocycles. The lowest BCUT2D eigenvalue weighted by Gasteiger charge is -2.14. The molecule has 7 heteroatoms. The van der Waals surface area contributed by atoms with E-state index in [0.717, 1.165) is 16.3 Å². The Bertz CT molecular complexity index is 1050. The van der Waals surface area contributed by atoms with Crippen molar-refractivity contribution >= 4 is 22.4 Å². The van der Waals surface area contributed by atoms with Gasteiger partial charge in [0.05, 0.1) is 27.0 Å². The average molecular weight is 408 g/mol. The second kappa shape index (κ2) is 9.65. The highest BCUT2D eigenvalue weighted by molar-refractivity contribution is 6.00. The van der Waals surface area contributed by atoms with E-state index in [1.165, 1.54) is 7.11 Å². The van der Waals surface area contributed by atoms with E-state index in [4.69, 9.17) is 18.9 Å². The first-order valence-corrected chi connectivity index (χ1v) is 9.30. The zero-order chi connectivity index (χ0) is 21.5. The molecule has 7 nitrogen and oxygen atoms in total. The lowest BCUT2D eigenvalue weighted by molar-refractivity contribution is -0.123. The maximum absolute atomic E-state index is 12.1. The van der Waals surface area contributed by atoms with Crippen LogP contribution in [0.5, 0.6) is 23.0 Å². The molecule has 3 aromatic carbocycles. The summed E-state index contributed by atoms with van der Waals surface area (Å²) in [6, 6.07) is 17.2. The van der Waals surface area contributed by atoms with Gasteiger partial charge in [0.1, 0.15) is 5.75 Å². The van der Waals surface area contributed by atoms with Gasteiger partial charge >= 0.3 is 0 Å². The third kappa shape index (κ3) is 4.81. The Kier molecular flexibility index (Phi) is 6.75. The van der Waals surface area contributed by atoms with Crippen LogP contribution in [0.15, 0.2) is 59.7 Å². The number of rotatable bonds is 8. The number of hydrogen-bond donors (Lipinski definition) is 1. The molecule has 0 unspecified atom stereocenters. The molecule has 1 N–H and O–H groups in total. The number of amides is 1. The molecule has 3 aromatic rings. The summed E-state index contributed by atoms with van der Waals surface area (Å²) in [6.45, 7) is 1.62. The van der Waals surface area contributed by atoms with Gasteiger partial charge in [0.25, 0.3) is 5.91 Å². The minimum atomic E-state index is -0.366. The maximum atomic E-state index is 12.1. The van der Waals surface area contributed by atoms with Gasteiger partial charge in [-0.25, -0.2) is 5.43 Å². The van der Waals surface area contributed by atoms with Crippen molar-refractivity contribution in [1.82, 2.24) is 5.43 Å². The van der Waals surface area contributed by atoms with Gasteiger partial charge in [-0.05, 0) is 42.0 Å².